The molecule has 2 N–H and O–H groups in total. The third-order valence-electron chi connectivity index (χ3n) is 2.91. The molecule has 1 amide bonds. The van der Waals surface area contributed by atoms with E-state index in [2.05, 4.69) is 12.2 Å². The second-order valence-corrected chi connectivity index (χ2v) is 4.41. The van der Waals surface area contributed by atoms with Gasteiger partial charge in [-0.2, -0.15) is 0 Å². The zero-order chi connectivity index (χ0) is 13.7. The summed E-state index contributed by atoms with van der Waals surface area (Å²) in [6.07, 6.45) is 1.89. The zero-order valence-corrected chi connectivity index (χ0v) is 10.9. The number of aromatic hydroxyl groups is 1. The highest BCUT2D eigenvalue weighted by Gasteiger charge is 2.10. The van der Waals surface area contributed by atoms with Crippen LogP contribution in [0.5, 0.6) is 5.75 Å². The van der Waals surface area contributed by atoms with Crippen molar-refractivity contribution in [2.45, 2.75) is 19.8 Å². The Balaban J connectivity index is 2.18. The first-order valence-electron chi connectivity index (χ1n) is 6.39. The maximum atomic E-state index is 12.2. The smallest absolute Gasteiger partial charge is 0.255 e. The van der Waals surface area contributed by atoms with Gasteiger partial charge in [-0.25, -0.2) is 0 Å². The Morgan fingerprint density at radius 2 is 1.79 bits per heavy atom. The van der Waals surface area contributed by atoms with Crippen LogP contribution in [0.25, 0.3) is 0 Å². The van der Waals surface area contributed by atoms with Gasteiger partial charge in [0.05, 0.1) is 0 Å². The van der Waals surface area contributed by atoms with E-state index < -0.39 is 0 Å². The first-order chi connectivity index (χ1) is 9.20. The first kappa shape index (κ1) is 13.1. The van der Waals surface area contributed by atoms with Crippen molar-refractivity contribution >= 4 is 11.6 Å². The quantitative estimate of drug-likeness (QED) is 0.820. The van der Waals surface area contributed by atoms with Crippen LogP contribution in [0.1, 0.15) is 29.3 Å². The van der Waals surface area contributed by atoms with Crippen LogP contribution in [0.2, 0.25) is 0 Å². The topological polar surface area (TPSA) is 49.3 Å². The van der Waals surface area contributed by atoms with Gasteiger partial charge < -0.3 is 10.4 Å². The predicted molar refractivity (Wildman–Crippen MR) is 76.5 cm³/mol. The molecule has 0 fully saturated rings. The van der Waals surface area contributed by atoms with Crippen molar-refractivity contribution in [2.75, 3.05) is 5.32 Å². The molecule has 3 heteroatoms. The van der Waals surface area contributed by atoms with Crippen molar-refractivity contribution in [2.24, 2.45) is 0 Å². The molecular formula is C16H17NO2. The van der Waals surface area contributed by atoms with E-state index in [-0.39, 0.29) is 11.7 Å². The molecule has 0 aliphatic rings. The van der Waals surface area contributed by atoms with E-state index in [0.717, 1.165) is 18.4 Å². The summed E-state index contributed by atoms with van der Waals surface area (Å²) >= 11 is 0. The van der Waals surface area contributed by atoms with Crippen molar-refractivity contribution in [3.8, 4) is 5.75 Å². The SMILES string of the molecule is CCCc1ccccc1C(=O)Nc1ccc(O)cc1. The van der Waals surface area contributed by atoms with Crippen molar-refractivity contribution in [3.63, 3.8) is 0 Å². The minimum absolute atomic E-state index is 0.116. The van der Waals surface area contributed by atoms with Crippen molar-refractivity contribution in [1.29, 1.82) is 0 Å². The second kappa shape index (κ2) is 6.05. The third-order valence-corrected chi connectivity index (χ3v) is 2.91. The summed E-state index contributed by atoms with van der Waals surface area (Å²) in [6.45, 7) is 2.09. The van der Waals surface area contributed by atoms with Crippen molar-refractivity contribution in [1.82, 2.24) is 0 Å². The van der Waals surface area contributed by atoms with Crippen LogP contribution in [0, 0.1) is 0 Å². The number of amides is 1. The van der Waals surface area contributed by atoms with Crippen LogP contribution in [-0.4, -0.2) is 11.0 Å². The molecule has 0 aliphatic carbocycles. The number of nitrogens with one attached hydrogen (secondary N) is 1. The van der Waals surface area contributed by atoms with Gasteiger partial charge in [0, 0.05) is 11.3 Å². The van der Waals surface area contributed by atoms with Crippen LogP contribution in [0.15, 0.2) is 48.5 Å². The van der Waals surface area contributed by atoms with Gasteiger partial charge in [-0.3, -0.25) is 4.79 Å². The molecule has 0 heterocycles. The molecule has 0 saturated heterocycles. The number of carbonyl (C=O) groups excluding carboxylic acids is 1. The Kier molecular flexibility index (Phi) is 4.18. The minimum Gasteiger partial charge on any atom is -0.508 e. The number of benzene rings is 2. The number of rotatable bonds is 4. The summed E-state index contributed by atoms with van der Waals surface area (Å²) in [5.74, 6) is 0.0686. The van der Waals surface area contributed by atoms with Gasteiger partial charge in [-0.1, -0.05) is 31.5 Å². The predicted octanol–water partition coefficient (Wildman–Crippen LogP) is 3.60. The van der Waals surface area contributed by atoms with Gasteiger partial charge in [0.2, 0.25) is 0 Å². The van der Waals surface area contributed by atoms with Gasteiger partial charge in [-0.15, -0.1) is 0 Å². The monoisotopic (exact) mass is 255 g/mol. The number of carbonyl (C=O) groups is 1. The fourth-order valence-corrected chi connectivity index (χ4v) is 1.97. The lowest BCUT2D eigenvalue weighted by Crippen LogP contribution is -2.14. The normalized spacial score (nSPS) is 10.2. The largest absolute Gasteiger partial charge is 0.508 e. The van der Waals surface area contributed by atoms with E-state index in [1.807, 2.05) is 24.3 Å². The fourth-order valence-electron chi connectivity index (χ4n) is 1.97. The Labute approximate surface area is 112 Å². The molecule has 0 saturated carbocycles. The fraction of sp³-hybridized carbons (Fsp3) is 0.188. The van der Waals surface area contributed by atoms with Gasteiger partial charge in [0.25, 0.3) is 5.91 Å². The molecule has 0 atom stereocenters. The van der Waals surface area contributed by atoms with E-state index >= 15 is 0 Å². The Hall–Kier alpha value is -2.29. The molecule has 0 bridgehead atoms. The molecular weight excluding hydrogens is 238 g/mol. The summed E-state index contributed by atoms with van der Waals surface area (Å²) < 4.78 is 0. The standard InChI is InChI=1S/C16H17NO2/c1-2-5-12-6-3-4-7-15(12)16(19)17-13-8-10-14(18)11-9-13/h3-4,6-11,18H,2,5H2,1H3,(H,17,19). The van der Waals surface area contributed by atoms with Gasteiger partial charge in [0.15, 0.2) is 0 Å². The average Bonchev–Trinajstić information content (AvgIpc) is 2.42. The summed E-state index contributed by atoms with van der Waals surface area (Å²) in [5.41, 5.74) is 2.44. The third kappa shape index (κ3) is 3.35. The molecule has 2 aromatic rings. The summed E-state index contributed by atoms with van der Waals surface area (Å²) in [6, 6.07) is 14.1. The number of hydrogen-bond donors (Lipinski definition) is 2. The first-order valence-corrected chi connectivity index (χ1v) is 6.39. The minimum atomic E-state index is -0.116. The molecule has 0 aliphatic heterocycles. The molecule has 0 aromatic heterocycles. The van der Waals surface area contributed by atoms with E-state index in [0.29, 0.717) is 11.3 Å². The van der Waals surface area contributed by atoms with Gasteiger partial charge in [0.1, 0.15) is 5.75 Å². The highest BCUT2D eigenvalue weighted by molar-refractivity contribution is 6.05. The molecule has 0 radical (unpaired) electrons. The number of phenolic OH excluding ortho intramolecular Hbond substituents is 1. The lowest BCUT2D eigenvalue weighted by atomic mass is 10.0. The Bertz CT molecular complexity index is 561. The Morgan fingerprint density at radius 3 is 2.47 bits per heavy atom. The van der Waals surface area contributed by atoms with Crippen LogP contribution in [-0.2, 0) is 6.42 Å². The van der Waals surface area contributed by atoms with Gasteiger partial charge in [-0.05, 0) is 42.3 Å². The highest BCUT2D eigenvalue weighted by Crippen LogP contribution is 2.17. The molecule has 98 valence electrons. The van der Waals surface area contributed by atoms with E-state index in [1.54, 1.807) is 24.3 Å². The highest BCUT2D eigenvalue weighted by atomic mass is 16.3. The van der Waals surface area contributed by atoms with Crippen molar-refractivity contribution in [3.05, 3.63) is 59.7 Å². The lowest BCUT2D eigenvalue weighted by molar-refractivity contribution is 0.102. The molecule has 0 unspecified atom stereocenters. The number of anilines is 1. The van der Waals surface area contributed by atoms with Crippen LogP contribution < -0.4 is 5.32 Å². The zero-order valence-electron chi connectivity index (χ0n) is 10.9. The summed E-state index contributed by atoms with van der Waals surface area (Å²) in [4.78, 5) is 12.2. The molecule has 3 nitrogen and oxygen atoms in total. The molecule has 2 rings (SSSR count). The molecule has 19 heavy (non-hydrogen) atoms. The number of phenols is 1. The van der Waals surface area contributed by atoms with Gasteiger partial charge >= 0.3 is 0 Å². The van der Waals surface area contributed by atoms with E-state index in [9.17, 15) is 9.90 Å². The molecule has 2 aromatic carbocycles. The number of aryl methyl sites for hydroxylation is 1. The van der Waals surface area contributed by atoms with Crippen LogP contribution in [0.3, 0.4) is 0 Å². The summed E-state index contributed by atoms with van der Waals surface area (Å²) in [7, 11) is 0. The van der Waals surface area contributed by atoms with Crippen molar-refractivity contribution < 1.29 is 9.90 Å². The average molecular weight is 255 g/mol. The Morgan fingerprint density at radius 1 is 1.11 bits per heavy atom. The lowest BCUT2D eigenvalue weighted by Gasteiger charge is -2.09. The summed E-state index contributed by atoms with van der Waals surface area (Å²) in [5, 5.41) is 12.0. The van der Waals surface area contributed by atoms with Crippen LogP contribution in [0.4, 0.5) is 5.69 Å². The maximum Gasteiger partial charge on any atom is 0.255 e. The van der Waals surface area contributed by atoms with Crippen LogP contribution >= 0.6 is 0 Å². The number of hydrogen-bond acceptors (Lipinski definition) is 2. The maximum absolute atomic E-state index is 12.2. The van der Waals surface area contributed by atoms with E-state index in [1.165, 1.54) is 0 Å². The molecule has 0 spiro atoms. The van der Waals surface area contributed by atoms with E-state index in [4.69, 9.17) is 0 Å². The second-order valence-electron chi connectivity index (χ2n) is 4.41.